The minimum Gasteiger partial charge on any atom is -0.355 e. The molecule has 0 atom stereocenters. The van der Waals surface area contributed by atoms with Gasteiger partial charge in [-0.2, -0.15) is 0 Å². The average molecular weight is 369 g/mol. The summed E-state index contributed by atoms with van der Waals surface area (Å²) in [7, 11) is -3.24. The molecule has 0 aliphatic carbocycles. The van der Waals surface area contributed by atoms with Crippen LogP contribution in [0.3, 0.4) is 0 Å². The average Bonchev–Trinajstić information content (AvgIpc) is 2.76. The zero-order chi connectivity index (χ0) is 15.5. The molecule has 2 rings (SSSR count). The van der Waals surface area contributed by atoms with E-state index in [1.165, 1.54) is 0 Å². The van der Waals surface area contributed by atoms with Crippen LogP contribution in [0.15, 0.2) is 33.3 Å². The minimum atomic E-state index is -3.24. The van der Waals surface area contributed by atoms with Crippen molar-refractivity contribution in [2.75, 3.05) is 12.8 Å². The molecule has 0 unspecified atom stereocenters. The molecule has 110 valence electrons. The van der Waals surface area contributed by atoms with Gasteiger partial charge in [0.15, 0.2) is 5.76 Å². The maximum absolute atomic E-state index is 11.0. The van der Waals surface area contributed by atoms with Gasteiger partial charge in [-0.3, -0.25) is 0 Å². The van der Waals surface area contributed by atoms with Gasteiger partial charge in [0.1, 0.15) is 0 Å². The fourth-order valence-electron chi connectivity index (χ4n) is 1.61. The predicted octanol–water partition coefficient (Wildman–Crippen LogP) is 2.31. The van der Waals surface area contributed by atoms with E-state index in [2.05, 4.69) is 37.6 Å². The van der Waals surface area contributed by atoms with Crippen molar-refractivity contribution in [2.45, 2.75) is 6.92 Å². The standard InChI is InChI=1S/C14H13BrN2O3S/c1-10-13(4-3-9-16-21(2,18)19)14(20-17-10)11-5-7-12(15)8-6-11/h5-8,16H,9H2,1-2H3. The summed E-state index contributed by atoms with van der Waals surface area (Å²) in [5.41, 5.74) is 2.19. The topological polar surface area (TPSA) is 72.2 Å². The van der Waals surface area contributed by atoms with Gasteiger partial charge in [0.25, 0.3) is 0 Å². The van der Waals surface area contributed by atoms with Gasteiger partial charge < -0.3 is 4.52 Å². The lowest BCUT2D eigenvalue weighted by atomic mass is 10.1. The molecule has 7 heteroatoms. The highest BCUT2D eigenvalue weighted by atomic mass is 79.9. The van der Waals surface area contributed by atoms with Gasteiger partial charge in [-0.1, -0.05) is 32.9 Å². The zero-order valence-corrected chi connectivity index (χ0v) is 13.9. The molecule has 1 aromatic heterocycles. The molecule has 1 heterocycles. The highest BCUT2D eigenvalue weighted by Crippen LogP contribution is 2.26. The number of halogens is 1. The molecule has 0 amide bonds. The first-order valence-corrected chi connectivity index (χ1v) is 8.71. The first kappa shape index (κ1) is 15.8. The van der Waals surface area contributed by atoms with Gasteiger partial charge in [0, 0.05) is 10.0 Å². The van der Waals surface area contributed by atoms with E-state index in [-0.39, 0.29) is 6.54 Å². The largest absolute Gasteiger partial charge is 0.355 e. The summed E-state index contributed by atoms with van der Waals surface area (Å²) in [5, 5.41) is 3.91. The van der Waals surface area contributed by atoms with Crippen LogP contribution in [-0.4, -0.2) is 26.4 Å². The first-order valence-electron chi connectivity index (χ1n) is 6.02. The Morgan fingerprint density at radius 1 is 1.33 bits per heavy atom. The molecule has 0 aliphatic rings. The molecule has 2 aromatic rings. The van der Waals surface area contributed by atoms with Gasteiger partial charge in [0.2, 0.25) is 10.0 Å². The molecule has 5 nitrogen and oxygen atoms in total. The predicted molar refractivity (Wildman–Crippen MR) is 84.1 cm³/mol. The number of nitrogens with one attached hydrogen (secondary N) is 1. The Balaban J connectivity index is 2.27. The highest BCUT2D eigenvalue weighted by molar-refractivity contribution is 9.10. The number of nitrogens with zero attached hydrogens (tertiary/aromatic N) is 1. The molecule has 0 bridgehead atoms. The van der Waals surface area contributed by atoms with Crippen LogP contribution in [0, 0.1) is 18.8 Å². The number of benzene rings is 1. The number of aromatic nitrogens is 1. The first-order chi connectivity index (χ1) is 9.87. The number of sulfonamides is 1. The van der Waals surface area contributed by atoms with Crippen molar-refractivity contribution in [1.82, 2.24) is 9.88 Å². The van der Waals surface area contributed by atoms with Gasteiger partial charge in [0.05, 0.1) is 24.1 Å². The maximum Gasteiger partial charge on any atom is 0.209 e. The summed E-state index contributed by atoms with van der Waals surface area (Å²) in [6.45, 7) is 1.84. The monoisotopic (exact) mass is 368 g/mol. The Kier molecular flexibility index (Phi) is 4.83. The minimum absolute atomic E-state index is 0.0449. The highest BCUT2D eigenvalue weighted by Gasteiger charge is 2.12. The fourth-order valence-corrected chi connectivity index (χ4v) is 2.21. The summed E-state index contributed by atoms with van der Waals surface area (Å²) in [6, 6.07) is 7.58. The quantitative estimate of drug-likeness (QED) is 0.843. The lowest BCUT2D eigenvalue weighted by Gasteiger charge is -1.97. The Bertz CT molecular complexity index is 799. The Morgan fingerprint density at radius 3 is 2.62 bits per heavy atom. The van der Waals surface area contributed by atoms with Crippen molar-refractivity contribution in [3.05, 3.63) is 40.0 Å². The molecule has 1 N–H and O–H groups in total. The van der Waals surface area contributed by atoms with Gasteiger partial charge >= 0.3 is 0 Å². The van der Waals surface area contributed by atoms with Crippen molar-refractivity contribution in [1.29, 1.82) is 0 Å². The van der Waals surface area contributed by atoms with E-state index in [1.54, 1.807) is 6.92 Å². The van der Waals surface area contributed by atoms with Crippen LogP contribution >= 0.6 is 15.9 Å². The van der Waals surface area contributed by atoms with Gasteiger partial charge in [-0.15, -0.1) is 0 Å². The second-order valence-electron chi connectivity index (χ2n) is 4.37. The van der Waals surface area contributed by atoms with Crippen molar-refractivity contribution in [2.24, 2.45) is 0 Å². The molecular weight excluding hydrogens is 356 g/mol. The lowest BCUT2D eigenvalue weighted by Crippen LogP contribution is -2.21. The SMILES string of the molecule is Cc1noc(-c2ccc(Br)cc2)c1C#CCNS(C)(=O)=O. The third-order valence-corrected chi connectivity index (χ3v) is 3.80. The van der Waals surface area contributed by atoms with Crippen LogP contribution in [0.4, 0.5) is 0 Å². The van der Waals surface area contributed by atoms with Crippen molar-refractivity contribution in [3.63, 3.8) is 0 Å². The van der Waals surface area contributed by atoms with Gasteiger partial charge in [-0.25, -0.2) is 13.1 Å². The molecule has 0 saturated heterocycles. The second kappa shape index (κ2) is 6.43. The summed E-state index contributed by atoms with van der Waals surface area (Å²) in [5.74, 6) is 6.24. The summed E-state index contributed by atoms with van der Waals surface area (Å²) >= 11 is 3.37. The van der Waals surface area contributed by atoms with E-state index in [4.69, 9.17) is 4.52 Å². The van der Waals surface area contributed by atoms with Crippen molar-refractivity contribution >= 4 is 26.0 Å². The number of rotatable bonds is 3. The van der Waals surface area contributed by atoms with E-state index < -0.39 is 10.0 Å². The van der Waals surface area contributed by atoms with E-state index in [0.29, 0.717) is 17.0 Å². The smallest absolute Gasteiger partial charge is 0.209 e. The van der Waals surface area contributed by atoms with E-state index in [9.17, 15) is 8.42 Å². The molecule has 21 heavy (non-hydrogen) atoms. The van der Waals surface area contributed by atoms with Crippen molar-refractivity contribution in [3.8, 4) is 23.2 Å². The second-order valence-corrected chi connectivity index (χ2v) is 7.12. The summed E-state index contributed by atoms with van der Waals surface area (Å²) in [4.78, 5) is 0. The van der Waals surface area contributed by atoms with Crippen LogP contribution in [0.2, 0.25) is 0 Å². The molecular formula is C14H13BrN2O3S. The summed E-state index contributed by atoms with van der Waals surface area (Å²) < 4.78 is 30.5. The molecule has 0 aliphatic heterocycles. The third-order valence-electron chi connectivity index (χ3n) is 2.61. The lowest BCUT2D eigenvalue weighted by molar-refractivity contribution is 0.427. The number of aryl methyl sites for hydroxylation is 1. The fraction of sp³-hybridized carbons (Fsp3) is 0.214. The Labute approximate surface area is 131 Å². The Hall–Kier alpha value is -1.62. The van der Waals surface area contributed by atoms with Crippen LogP contribution < -0.4 is 4.72 Å². The molecule has 0 spiro atoms. The molecule has 0 saturated carbocycles. The van der Waals surface area contributed by atoms with Crippen LogP contribution in [-0.2, 0) is 10.0 Å². The zero-order valence-electron chi connectivity index (χ0n) is 11.5. The van der Waals surface area contributed by atoms with Crippen molar-refractivity contribution < 1.29 is 12.9 Å². The van der Waals surface area contributed by atoms with Crippen LogP contribution in [0.25, 0.3) is 11.3 Å². The molecule has 0 fully saturated rings. The van der Waals surface area contributed by atoms with Crippen LogP contribution in [0.1, 0.15) is 11.3 Å². The third kappa shape index (κ3) is 4.43. The maximum atomic E-state index is 11.0. The van der Waals surface area contributed by atoms with E-state index >= 15 is 0 Å². The normalized spacial score (nSPS) is 11.0. The number of hydrogen-bond donors (Lipinski definition) is 1. The molecule has 0 radical (unpaired) electrons. The summed E-state index contributed by atoms with van der Waals surface area (Å²) in [6.07, 6.45) is 1.09. The Morgan fingerprint density at radius 2 is 2.00 bits per heavy atom. The van der Waals surface area contributed by atoms with E-state index in [1.807, 2.05) is 24.3 Å². The van der Waals surface area contributed by atoms with Crippen LogP contribution in [0.5, 0.6) is 0 Å². The molecule has 1 aromatic carbocycles. The van der Waals surface area contributed by atoms with E-state index in [0.717, 1.165) is 16.3 Å². The van der Waals surface area contributed by atoms with Gasteiger partial charge in [-0.05, 0) is 31.2 Å². The number of hydrogen-bond acceptors (Lipinski definition) is 4.